The van der Waals surface area contributed by atoms with Gasteiger partial charge in [-0.2, -0.15) is 0 Å². The molecule has 3 atom stereocenters. The Morgan fingerprint density at radius 2 is 1.86 bits per heavy atom. The van der Waals surface area contributed by atoms with Crippen molar-refractivity contribution in [2.75, 3.05) is 6.54 Å². The average molecular weight is 533 g/mol. The fourth-order valence-electron chi connectivity index (χ4n) is 5.30. The lowest BCUT2D eigenvalue weighted by atomic mass is 9.95. The Bertz CT molecular complexity index is 1250. The number of aromatic nitrogens is 2. The number of aryl methyl sites for hydroxylation is 1. The Labute approximate surface area is 220 Å². The smallest absolute Gasteiger partial charge is 0.256 e. The molecule has 35 heavy (non-hydrogen) atoms. The van der Waals surface area contributed by atoms with Crippen LogP contribution in [-0.4, -0.2) is 39.0 Å². The molecule has 2 aromatic heterocycles. The van der Waals surface area contributed by atoms with Crippen LogP contribution in [0.4, 0.5) is 0 Å². The second-order valence-corrected chi connectivity index (χ2v) is 10.9. The molecule has 5 rings (SSSR count). The lowest BCUT2D eigenvalue weighted by Gasteiger charge is -2.29. The van der Waals surface area contributed by atoms with Gasteiger partial charge in [0.2, 0.25) is 5.88 Å². The average Bonchev–Trinajstić information content (AvgIpc) is 3.47. The summed E-state index contributed by atoms with van der Waals surface area (Å²) in [6, 6.07) is 11.6. The van der Waals surface area contributed by atoms with E-state index in [2.05, 4.69) is 23.4 Å². The molecule has 8 heteroatoms. The number of amides is 1. The summed E-state index contributed by atoms with van der Waals surface area (Å²) in [7, 11) is 0. The number of halogens is 3. The molecule has 5 nitrogen and oxygen atoms in total. The highest BCUT2D eigenvalue weighted by Crippen LogP contribution is 2.40. The molecule has 0 spiro atoms. The van der Waals surface area contributed by atoms with Crippen molar-refractivity contribution >= 4 is 40.7 Å². The van der Waals surface area contributed by atoms with Crippen LogP contribution < -0.4 is 4.74 Å². The quantitative estimate of drug-likeness (QED) is 0.336. The molecular formula is C27H28Cl3N3O2. The Morgan fingerprint density at radius 1 is 1.09 bits per heavy atom. The van der Waals surface area contributed by atoms with Gasteiger partial charge < -0.3 is 14.2 Å². The third-order valence-corrected chi connectivity index (χ3v) is 8.16. The molecule has 1 saturated heterocycles. The van der Waals surface area contributed by atoms with Gasteiger partial charge in [-0.1, -0.05) is 40.9 Å². The minimum absolute atomic E-state index is 0.0390. The van der Waals surface area contributed by atoms with Crippen LogP contribution in [0.1, 0.15) is 65.5 Å². The van der Waals surface area contributed by atoms with Gasteiger partial charge in [0, 0.05) is 42.2 Å². The Hall–Kier alpha value is -2.21. The van der Waals surface area contributed by atoms with Crippen molar-refractivity contribution in [2.45, 2.75) is 64.1 Å². The Kier molecular flexibility index (Phi) is 6.77. The molecule has 3 unspecified atom stereocenters. The zero-order chi connectivity index (χ0) is 24.9. The maximum Gasteiger partial charge on any atom is 0.256 e. The maximum absolute atomic E-state index is 14.0. The van der Waals surface area contributed by atoms with Crippen LogP contribution in [-0.2, 0) is 0 Å². The number of rotatable bonds is 6. The first kappa shape index (κ1) is 24.5. The van der Waals surface area contributed by atoms with E-state index in [4.69, 9.17) is 39.5 Å². The van der Waals surface area contributed by atoms with Gasteiger partial charge in [-0.05, 0) is 69.9 Å². The Balaban J connectivity index is 1.45. The third-order valence-electron chi connectivity index (χ3n) is 7.19. The van der Waals surface area contributed by atoms with Crippen LogP contribution in [0.2, 0.25) is 15.1 Å². The molecule has 184 valence electrons. The predicted octanol–water partition coefficient (Wildman–Crippen LogP) is 7.26. The number of nitrogens with zero attached hydrogens (tertiary/aromatic N) is 3. The van der Waals surface area contributed by atoms with Crippen LogP contribution in [0.25, 0.3) is 0 Å². The van der Waals surface area contributed by atoms with Crippen LogP contribution in [0, 0.1) is 13.8 Å². The summed E-state index contributed by atoms with van der Waals surface area (Å²) in [5.41, 5.74) is 4.02. The molecule has 1 aliphatic carbocycles. The SMILES string of the molecule is Cc1cc(C(=O)N2CC(c3ccc(Cl)c(Cl)c3)CC2C(C)Oc2ccc(Cl)cn2)c(C)n1C1CC1. The van der Waals surface area contributed by atoms with E-state index >= 15 is 0 Å². The molecule has 0 radical (unpaired) electrons. The van der Waals surface area contributed by atoms with Gasteiger partial charge in [-0.3, -0.25) is 4.79 Å². The minimum Gasteiger partial charge on any atom is -0.472 e. The van der Waals surface area contributed by atoms with Gasteiger partial charge in [0.15, 0.2) is 0 Å². The van der Waals surface area contributed by atoms with E-state index in [9.17, 15) is 4.79 Å². The molecule has 1 aliphatic heterocycles. The zero-order valence-corrected chi connectivity index (χ0v) is 22.2. The molecule has 1 aromatic carbocycles. The van der Waals surface area contributed by atoms with Crippen molar-refractivity contribution in [3.8, 4) is 5.88 Å². The summed E-state index contributed by atoms with van der Waals surface area (Å²) in [6.45, 7) is 6.71. The van der Waals surface area contributed by atoms with E-state index in [0.717, 1.165) is 28.9 Å². The lowest BCUT2D eigenvalue weighted by molar-refractivity contribution is 0.0580. The minimum atomic E-state index is -0.271. The first-order chi connectivity index (χ1) is 16.7. The van der Waals surface area contributed by atoms with Crippen LogP contribution in [0.15, 0.2) is 42.6 Å². The molecule has 1 saturated carbocycles. The van der Waals surface area contributed by atoms with Gasteiger partial charge in [0.05, 0.1) is 26.7 Å². The number of benzene rings is 1. The molecule has 1 amide bonds. The van der Waals surface area contributed by atoms with Gasteiger partial charge in [-0.15, -0.1) is 0 Å². The van der Waals surface area contributed by atoms with Gasteiger partial charge in [0.25, 0.3) is 5.91 Å². The number of carbonyl (C=O) groups is 1. The fourth-order valence-corrected chi connectivity index (χ4v) is 5.71. The normalized spacial score (nSPS) is 20.8. The van der Waals surface area contributed by atoms with E-state index in [1.807, 2.05) is 36.1 Å². The first-order valence-electron chi connectivity index (χ1n) is 12.0. The van der Waals surface area contributed by atoms with Crippen molar-refractivity contribution in [3.63, 3.8) is 0 Å². The second-order valence-electron chi connectivity index (χ2n) is 9.65. The third kappa shape index (κ3) is 4.91. The van der Waals surface area contributed by atoms with Crippen molar-refractivity contribution in [3.05, 3.63) is 80.2 Å². The number of carbonyl (C=O) groups excluding carboxylic acids is 1. The van der Waals surface area contributed by atoms with Gasteiger partial charge >= 0.3 is 0 Å². The summed E-state index contributed by atoms with van der Waals surface area (Å²) in [5, 5.41) is 1.59. The largest absolute Gasteiger partial charge is 0.472 e. The van der Waals surface area contributed by atoms with Crippen molar-refractivity contribution in [2.24, 2.45) is 0 Å². The topological polar surface area (TPSA) is 47.4 Å². The van der Waals surface area contributed by atoms with Crippen LogP contribution in [0.3, 0.4) is 0 Å². The van der Waals surface area contributed by atoms with Crippen LogP contribution >= 0.6 is 34.8 Å². The highest BCUT2D eigenvalue weighted by atomic mass is 35.5. The summed E-state index contributed by atoms with van der Waals surface area (Å²) < 4.78 is 8.50. The number of pyridine rings is 1. The highest BCUT2D eigenvalue weighted by Gasteiger charge is 2.41. The van der Waals surface area contributed by atoms with Gasteiger partial charge in [-0.25, -0.2) is 4.98 Å². The van der Waals surface area contributed by atoms with Crippen molar-refractivity contribution < 1.29 is 9.53 Å². The van der Waals surface area contributed by atoms with Crippen molar-refractivity contribution in [1.29, 1.82) is 0 Å². The first-order valence-corrected chi connectivity index (χ1v) is 13.1. The summed E-state index contributed by atoms with van der Waals surface area (Å²) in [6.07, 6.45) is 4.39. The van der Waals surface area contributed by atoms with E-state index in [1.165, 1.54) is 12.8 Å². The molecule has 2 aliphatic rings. The fraction of sp³-hybridized carbons (Fsp3) is 0.407. The number of likely N-dealkylation sites (tertiary alicyclic amines) is 1. The predicted molar refractivity (Wildman–Crippen MR) is 140 cm³/mol. The van der Waals surface area contributed by atoms with E-state index < -0.39 is 0 Å². The van der Waals surface area contributed by atoms with E-state index in [0.29, 0.717) is 33.5 Å². The van der Waals surface area contributed by atoms with Crippen molar-refractivity contribution in [1.82, 2.24) is 14.5 Å². The summed E-state index contributed by atoms with van der Waals surface area (Å²) >= 11 is 18.5. The highest BCUT2D eigenvalue weighted by molar-refractivity contribution is 6.42. The molecular weight excluding hydrogens is 505 g/mol. The lowest BCUT2D eigenvalue weighted by Crippen LogP contribution is -2.44. The number of ether oxygens (including phenoxy) is 1. The van der Waals surface area contributed by atoms with E-state index in [-0.39, 0.29) is 24.0 Å². The van der Waals surface area contributed by atoms with Crippen LogP contribution in [0.5, 0.6) is 5.88 Å². The zero-order valence-electron chi connectivity index (χ0n) is 20.0. The summed E-state index contributed by atoms with van der Waals surface area (Å²) in [4.78, 5) is 20.2. The number of hydrogen-bond acceptors (Lipinski definition) is 3. The second kappa shape index (κ2) is 9.68. The summed E-state index contributed by atoms with van der Waals surface area (Å²) in [5.74, 6) is 0.645. The van der Waals surface area contributed by atoms with E-state index in [1.54, 1.807) is 18.3 Å². The molecule has 2 fully saturated rings. The standard InChI is InChI=1S/C27H28Cl3N3O2/c1-15-10-22(16(2)33(15)21-6-7-21)27(34)32-14-19(18-4-8-23(29)24(30)11-18)12-25(32)17(3)35-26-9-5-20(28)13-31-26/h4-5,8-11,13,17,19,21,25H,6-7,12,14H2,1-3H3. The monoisotopic (exact) mass is 531 g/mol. The molecule has 3 heterocycles. The molecule has 0 N–H and O–H groups in total. The Morgan fingerprint density at radius 3 is 2.51 bits per heavy atom. The maximum atomic E-state index is 14.0. The molecule has 3 aromatic rings. The molecule has 0 bridgehead atoms. The van der Waals surface area contributed by atoms with Gasteiger partial charge in [0.1, 0.15) is 6.10 Å². The number of hydrogen-bond donors (Lipinski definition) is 0.